The van der Waals surface area contributed by atoms with Gasteiger partial charge in [0, 0.05) is 5.56 Å². The number of thioether (sulfide) groups is 1. The van der Waals surface area contributed by atoms with Crippen molar-refractivity contribution in [2.24, 2.45) is 0 Å². The molecule has 2 unspecified atom stereocenters. The van der Waals surface area contributed by atoms with Gasteiger partial charge < -0.3 is 14.4 Å². The molecule has 0 aliphatic carbocycles. The minimum absolute atomic E-state index is 0.107. The molecular formula is C22H22N2O5S. The summed E-state index contributed by atoms with van der Waals surface area (Å²) in [7, 11) is 0. The molecule has 0 spiro atoms. The van der Waals surface area contributed by atoms with Crippen molar-refractivity contribution in [3.05, 3.63) is 65.2 Å². The van der Waals surface area contributed by atoms with Crippen molar-refractivity contribution in [2.45, 2.75) is 26.1 Å². The van der Waals surface area contributed by atoms with Crippen LogP contribution >= 0.6 is 11.8 Å². The molecule has 0 radical (unpaired) electrons. The van der Waals surface area contributed by atoms with E-state index in [0.717, 1.165) is 22.2 Å². The summed E-state index contributed by atoms with van der Waals surface area (Å²) in [5, 5.41) is -0.330. The average molecular weight is 426 g/mol. The fourth-order valence-electron chi connectivity index (χ4n) is 3.47. The van der Waals surface area contributed by atoms with Crippen LogP contribution < -0.4 is 4.74 Å². The van der Waals surface area contributed by atoms with Gasteiger partial charge in [-0.2, -0.15) is 0 Å². The maximum absolute atomic E-state index is 13.0. The highest BCUT2D eigenvalue weighted by Crippen LogP contribution is 2.32. The van der Waals surface area contributed by atoms with Crippen molar-refractivity contribution >= 4 is 28.8 Å². The Bertz CT molecular complexity index is 965. The normalized spacial score (nSPS) is 18.3. The van der Waals surface area contributed by atoms with Gasteiger partial charge in [-0.25, -0.2) is 4.90 Å². The Morgan fingerprint density at radius 2 is 1.90 bits per heavy atom. The summed E-state index contributed by atoms with van der Waals surface area (Å²) in [6.07, 6.45) is -0.834. The van der Waals surface area contributed by atoms with Crippen LogP contribution in [0.25, 0.3) is 0 Å². The number of carbonyl (C=O) groups excluding carboxylic acids is 3. The van der Waals surface area contributed by atoms with Crippen molar-refractivity contribution in [1.82, 2.24) is 9.80 Å². The second-order valence-corrected chi connectivity index (χ2v) is 8.24. The lowest BCUT2D eigenvalue weighted by atomic mass is 10.1. The summed E-state index contributed by atoms with van der Waals surface area (Å²) in [6, 6.07) is 14.3. The number of carbonyl (C=O) groups is 3. The van der Waals surface area contributed by atoms with E-state index in [1.807, 2.05) is 56.3 Å². The predicted molar refractivity (Wildman–Crippen MR) is 112 cm³/mol. The van der Waals surface area contributed by atoms with Gasteiger partial charge in [0.1, 0.15) is 5.75 Å². The zero-order valence-electron chi connectivity index (χ0n) is 16.7. The molecule has 2 aromatic rings. The Morgan fingerprint density at radius 3 is 2.60 bits per heavy atom. The maximum Gasteiger partial charge on any atom is 0.291 e. The lowest BCUT2D eigenvalue weighted by Crippen LogP contribution is -2.47. The van der Waals surface area contributed by atoms with Gasteiger partial charge in [-0.3, -0.25) is 14.4 Å². The zero-order valence-corrected chi connectivity index (χ0v) is 17.6. The number of rotatable bonds is 6. The predicted octanol–water partition coefficient (Wildman–Crippen LogP) is 3.59. The lowest BCUT2D eigenvalue weighted by molar-refractivity contribution is -0.137. The van der Waals surface area contributed by atoms with Gasteiger partial charge >= 0.3 is 0 Å². The van der Waals surface area contributed by atoms with Crippen molar-refractivity contribution in [3.63, 3.8) is 0 Å². The monoisotopic (exact) mass is 426 g/mol. The van der Waals surface area contributed by atoms with Gasteiger partial charge in [0.05, 0.1) is 24.0 Å². The van der Waals surface area contributed by atoms with Crippen molar-refractivity contribution in [2.75, 3.05) is 19.1 Å². The van der Waals surface area contributed by atoms with Crippen LogP contribution in [-0.4, -0.2) is 52.0 Å². The standard InChI is InChI=1S/C22H22N2O5S/c1-14-8-9-18-17(10-14)20(26)23(13-29-18)15(2)11-28-21(16-6-4-3-5-7-16)24-19(25)12-30-22(24)27/h3-10,15,21H,11-13H2,1-2H3. The highest BCUT2D eigenvalue weighted by molar-refractivity contribution is 8.14. The summed E-state index contributed by atoms with van der Waals surface area (Å²) in [6.45, 7) is 4.03. The zero-order chi connectivity index (χ0) is 21.3. The van der Waals surface area contributed by atoms with Crippen LogP contribution in [0.1, 0.15) is 34.6 Å². The van der Waals surface area contributed by atoms with E-state index in [0.29, 0.717) is 16.9 Å². The van der Waals surface area contributed by atoms with Crippen molar-refractivity contribution in [3.8, 4) is 5.75 Å². The van der Waals surface area contributed by atoms with Crippen molar-refractivity contribution < 1.29 is 23.9 Å². The number of aryl methyl sites for hydroxylation is 1. The smallest absolute Gasteiger partial charge is 0.291 e. The van der Waals surface area contributed by atoms with E-state index in [1.165, 1.54) is 0 Å². The highest BCUT2D eigenvalue weighted by Gasteiger charge is 2.38. The van der Waals surface area contributed by atoms with Gasteiger partial charge in [-0.05, 0) is 26.0 Å². The van der Waals surface area contributed by atoms with Crippen LogP contribution in [0.4, 0.5) is 4.79 Å². The van der Waals surface area contributed by atoms with E-state index in [4.69, 9.17) is 9.47 Å². The minimum atomic E-state index is -0.834. The van der Waals surface area contributed by atoms with E-state index >= 15 is 0 Å². The summed E-state index contributed by atoms with van der Waals surface area (Å²) in [5.41, 5.74) is 2.20. The highest BCUT2D eigenvalue weighted by atomic mass is 32.2. The summed E-state index contributed by atoms with van der Waals surface area (Å²) < 4.78 is 11.8. The van der Waals surface area contributed by atoms with Crippen LogP contribution in [0.5, 0.6) is 5.75 Å². The fraction of sp³-hybridized carbons (Fsp3) is 0.318. The Morgan fingerprint density at radius 1 is 1.13 bits per heavy atom. The first-order valence-electron chi connectivity index (χ1n) is 9.65. The average Bonchev–Trinajstić information content (AvgIpc) is 3.08. The molecule has 30 heavy (non-hydrogen) atoms. The molecule has 2 atom stereocenters. The first-order chi connectivity index (χ1) is 14.5. The van der Waals surface area contributed by atoms with Gasteiger partial charge in [-0.15, -0.1) is 0 Å². The lowest BCUT2D eigenvalue weighted by Gasteiger charge is -2.35. The maximum atomic E-state index is 13.0. The number of imide groups is 1. The quantitative estimate of drug-likeness (QED) is 0.703. The SMILES string of the molecule is Cc1ccc2c(c1)C(=O)N(C(C)COC(c1ccccc1)N1C(=O)CSC1=O)CO2. The van der Waals surface area contributed by atoms with Crippen molar-refractivity contribution in [1.29, 1.82) is 0 Å². The number of hydrogen-bond donors (Lipinski definition) is 0. The Balaban J connectivity index is 1.50. The van der Waals surface area contributed by atoms with E-state index in [9.17, 15) is 14.4 Å². The molecule has 7 nitrogen and oxygen atoms in total. The van der Waals surface area contributed by atoms with E-state index < -0.39 is 6.23 Å². The molecule has 1 fully saturated rings. The molecule has 4 rings (SSSR count). The molecule has 0 saturated carbocycles. The van der Waals surface area contributed by atoms with Gasteiger partial charge in [-0.1, -0.05) is 53.7 Å². The molecule has 8 heteroatoms. The molecule has 1 saturated heterocycles. The van der Waals surface area contributed by atoms with E-state index in [1.54, 1.807) is 11.0 Å². The van der Waals surface area contributed by atoms with E-state index in [2.05, 4.69) is 0 Å². The number of ether oxygens (including phenoxy) is 2. The van der Waals surface area contributed by atoms with E-state index in [-0.39, 0.29) is 42.2 Å². The van der Waals surface area contributed by atoms with Crippen LogP contribution in [0.3, 0.4) is 0 Å². The largest absolute Gasteiger partial charge is 0.472 e. The topological polar surface area (TPSA) is 76.2 Å². The molecule has 0 aromatic heterocycles. The number of nitrogens with zero attached hydrogens (tertiary/aromatic N) is 2. The van der Waals surface area contributed by atoms with Crippen LogP contribution in [0, 0.1) is 6.92 Å². The third-order valence-corrected chi connectivity index (χ3v) is 5.95. The summed E-state index contributed by atoms with van der Waals surface area (Å²) in [4.78, 5) is 40.3. The number of hydrogen-bond acceptors (Lipinski definition) is 6. The molecule has 0 N–H and O–H groups in total. The third-order valence-electron chi connectivity index (χ3n) is 5.12. The third kappa shape index (κ3) is 3.93. The molecule has 2 heterocycles. The first-order valence-corrected chi connectivity index (χ1v) is 10.6. The molecule has 2 aliphatic heterocycles. The van der Waals surface area contributed by atoms with Gasteiger partial charge in [0.15, 0.2) is 13.0 Å². The molecule has 2 aromatic carbocycles. The molecular weight excluding hydrogens is 404 g/mol. The number of benzene rings is 2. The number of fused-ring (bicyclic) bond motifs is 1. The van der Waals surface area contributed by atoms with Gasteiger partial charge in [0.2, 0.25) is 5.91 Å². The first kappa shape index (κ1) is 20.4. The molecule has 2 aliphatic rings. The number of amides is 3. The minimum Gasteiger partial charge on any atom is -0.472 e. The Hall–Kier alpha value is -2.84. The van der Waals surface area contributed by atoms with Crippen LogP contribution in [0.15, 0.2) is 48.5 Å². The Kier molecular flexibility index (Phi) is 5.78. The molecule has 0 bridgehead atoms. The van der Waals surface area contributed by atoms with Gasteiger partial charge in [0.25, 0.3) is 11.1 Å². The summed E-state index contributed by atoms with van der Waals surface area (Å²) >= 11 is 0.966. The van der Waals surface area contributed by atoms with Crippen LogP contribution in [-0.2, 0) is 9.53 Å². The van der Waals surface area contributed by atoms with Crippen LogP contribution in [0.2, 0.25) is 0 Å². The fourth-order valence-corrected chi connectivity index (χ4v) is 4.19. The Labute approximate surface area is 178 Å². The molecule has 3 amide bonds. The summed E-state index contributed by atoms with van der Waals surface area (Å²) in [5.74, 6) is 0.266. The second-order valence-electron chi connectivity index (χ2n) is 7.31. The second kappa shape index (κ2) is 8.49. The molecule has 156 valence electrons.